The second-order valence-corrected chi connectivity index (χ2v) is 6.56. The Morgan fingerprint density at radius 2 is 2.11 bits per heavy atom. The van der Waals surface area contributed by atoms with Crippen molar-refractivity contribution in [3.8, 4) is 0 Å². The summed E-state index contributed by atoms with van der Waals surface area (Å²) in [5.41, 5.74) is 6.31. The molecular formula is C15H21N3S. The third kappa shape index (κ3) is 2.60. The van der Waals surface area contributed by atoms with E-state index in [1.54, 1.807) is 11.3 Å². The summed E-state index contributed by atoms with van der Waals surface area (Å²) >= 11 is 1.76. The van der Waals surface area contributed by atoms with Crippen LogP contribution in [0, 0.1) is 5.41 Å². The van der Waals surface area contributed by atoms with E-state index in [2.05, 4.69) is 27.8 Å². The highest BCUT2D eigenvalue weighted by Gasteiger charge is 2.30. The number of nitrogens with two attached hydrogens (primary N) is 1. The van der Waals surface area contributed by atoms with Crippen LogP contribution in [0.1, 0.15) is 32.1 Å². The number of thiophene rings is 1. The molecule has 0 spiro atoms. The number of nitrogens with one attached hydrogen (secondary N) is 1. The van der Waals surface area contributed by atoms with Gasteiger partial charge in [-0.3, -0.25) is 0 Å². The zero-order valence-corrected chi connectivity index (χ0v) is 12.0. The lowest BCUT2D eigenvalue weighted by atomic mass is 9.74. The van der Waals surface area contributed by atoms with Crippen LogP contribution in [0.5, 0.6) is 0 Å². The molecule has 0 aliphatic heterocycles. The van der Waals surface area contributed by atoms with Gasteiger partial charge < -0.3 is 11.1 Å². The summed E-state index contributed by atoms with van der Waals surface area (Å²) in [6.45, 7) is 1.73. The minimum Gasteiger partial charge on any atom is -0.369 e. The Morgan fingerprint density at radius 1 is 1.26 bits per heavy atom. The number of nitrogens with zero attached hydrogens (tertiary/aromatic N) is 1. The summed E-state index contributed by atoms with van der Waals surface area (Å²) in [5, 5.41) is 6.90. The molecule has 3 nitrogen and oxygen atoms in total. The number of pyridine rings is 1. The number of anilines is 1. The Bertz CT molecular complexity index is 543. The van der Waals surface area contributed by atoms with Gasteiger partial charge in [-0.05, 0) is 42.3 Å². The summed E-state index contributed by atoms with van der Waals surface area (Å²) in [6, 6.07) is 4.22. The first-order chi connectivity index (χ1) is 9.33. The van der Waals surface area contributed by atoms with Crippen molar-refractivity contribution in [3.05, 3.63) is 23.7 Å². The van der Waals surface area contributed by atoms with Crippen molar-refractivity contribution < 1.29 is 0 Å². The zero-order valence-electron chi connectivity index (χ0n) is 11.2. The van der Waals surface area contributed by atoms with Crippen LogP contribution in [-0.4, -0.2) is 18.1 Å². The molecule has 2 aromatic heterocycles. The van der Waals surface area contributed by atoms with E-state index in [0.717, 1.165) is 18.9 Å². The second-order valence-electron chi connectivity index (χ2n) is 5.61. The highest BCUT2D eigenvalue weighted by Crippen LogP contribution is 2.36. The molecule has 4 heteroatoms. The maximum Gasteiger partial charge on any atom is 0.134 e. The first-order valence-corrected chi connectivity index (χ1v) is 7.97. The Balaban J connectivity index is 1.76. The van der Waals surface area contributed by atoms with Crippen LogP contribution in [-0.2, 0) is 0 Å². The highest BCUT2D eigenvalue weighted by atomic mass is 32.1. The molecular weight excluding hydrogens is 254 g/mol. The Labute approximate surface area is 118 Å². The predicted molar refractivity (Wildman–Crippen MR) is 82.7 cm³/mol. The number of fused-ring (bicyclic) bond motifs is 1. The molecule has 102 valence electrons. The van der Waals surface area contributed by atoms with Crippen molar-refractivity contribution in [1.82, 2.24) is 4.98 Å². The summed E-state index contributed by atoms with van der Waals surface area (Å²) in [7, 11) is 0. The molecule has 1 aliphatic rings. The minimum absolute atomic E-state index is 0.276. The van der Waals surface area contributed by atoms with Gasteiger partial charge in [0, 0.05) is 22.8 Å². The molecule has 2 aromatic rings. The summed E-state index contributed by atoms with van der Waals surface area (Å²) in [4.78, 5) is 4.48. The van der Waals surface area contributed by atoms with Gasteiger partial charge in [-0.1, -0.05) is 19.3 Å². The van der Waals surface area contributed by atoms with Crippen molar-refractivity contribution in [3.63, 3.8) is 0 Å². The van der Waals surface area contributed by atoms with Gasteiger partial charge in [0.25, 0.3) is 0 Å². The van der Waals surface area contributed by atoms with E-state index in [1.807, 2.05) is 6.20 Å². The van der Waals surface area contributed by atoms with Crippen LogP contribution in [0.4, 0.5) is 5.82 Å². The normalized spacial score (nSPS) is 18.6. The number of hydrogen-bond donors (Lipinski definition) is 2. The number of aromatic nitrogens is 1. The number of hydrogen-bond acceptors (Lipinski definition) is 4. The summed E-state index contributed by atoms with van der Waals surface area (Å²) in [6.07, 6.45) is 8.37. The monoisotopic (exact) mass is 275 g/mol. The van der Waals surface area contributed by atoms with E-state index in [-0.39, 0.29) is 5.41 Å². The van der Waals surface area contributed by atoms with E-state index in [4.69, 9.17) is 5.73 Å². The summed E-state index contributed by atoms with van der Waals surface area (Å²) < 4.78 is 1.29. The lowest BCUT2D eigenvalue weighted by Gasteiger charge is -2.36. The fourth-order valence-corrected chi connectivity index (χ4v) is 3.84. The van der Waals surface area contributed by atoms with Crippen LogP contribution in [0.2, 0.25) is 0 Å². The molecule has 19 heavy (non-hydrogen) atoms. The molecule has 1 saturated carbocycles. The average Bonchev–Trinajstić information content (AvgIpc) is 2.95. The van der Waals surface area contributed by atoms with Gasteiger partial charge in [-0.2, -0.15) is 0 Å². The fraction of sp³-hybridized carbons (Fsp3) is 0.533. The molecule has 0 aromatic carbocycles. The lowest BCUT2D eigenvalue weighted by Crippen LogP contribution is -2.39. The van der Waals surface area contributed by atoms with Crippen molar-refractivity contribution >= 4 is 27.2 Å². The topological polar surface area (TPSA) is 50.9 Å². The standard InChI is InChI=1S/C15H21N3S/c16-10-15(6-2-1-3-7-15)11-18-14-12-5-9-19-13(12)4-8-17-14/h4-5,8-9H,1-3,6-7,10-11,16H2,(H,17,18). The van der Waals surface area contributed by atoms with Crippen molar-refractivity contribution in [2.24, 2.45) is 11.1 Å². The van der Waals surface area contributed by atoms with Crippen molar-refractivity contribution in [2.75, 3.05) is 18.4 Å². The fourth-order valence-electron chi connectivity index (χ4n) is 3.06. The maximum absolute atomic E-state index is 6.04. The number of rotatable bonds is 4. The molecule has 0 atom stereocenters. The Kier molecular flexibility index (Phi) is 3.71. The van der Waals surface area contributed by atoms with E-state index in [9.17, 15) is 0 Å². The third-order valence-corrected chi connectivity index (χ3v) is 5.24. The van der Waals surface area contributed by atoms with E-state index >= 15 is 0 Å². The van der Waals surface area contributed by atoms with Gasteiger partial charge in [0.15, 0.2) is 0 Å². The largest absolute Gasteiger partial charge is 0.369 e. The maximum atomic E-state index is 6.04. The second kappa shape index (κ2) is 5.47. The Morgan fingerprint density at radius 3 is 2.89 bits per heavy atom. The molecule has 1 aliphatic carbocycles. The predicted octanol–water partition coefficient (Wildman–Crippen LogP) is 3.62. The molecule has 0 saturated heterocycles. The Hall–Kier alpha value is -1.13. The molecule has 0 amide bonds. The first-order valence-electron chi connectivity index (χ1n) is 7.09. The quantitative estimate of drug-likeness (QED) is 0.896. The third-order valence-electron chi connectivity index (χ3n) is 4.36. The van der Waals surface area contributed by atoms with E-state index in [0.29, 0.717) is 0 Å². The van der Waals surface area contributed by atoms with E-state index in [1.165, 1.54) is 42.2 Å². The molecule has 0 bridgehead atoms. The van der Waals surface area contributed by atoms with Crippen LogP contribution in [0.3, 0.4) is 0 Å². The van der Waals surface area contributed by atoms with Crippen LogP contribution in [0.25, 0.3) is 10.1 Å². The van der Waals surface area contributed by atoms with Gasteiger partial charge in [0.1, 0.15) is 5.82 Å². The van der Waals surface area contributed by atoms with E-state index < -0.39 is 0 Å². The van der Waals surface area contributed by atoms with Gasteiger partial charge in [-0.25, -0.2) is 4.98 Å². The van der Waals surface area contributed by atoms with Crippen LogP contribution >= 0.6 is 11.3 Å². The van der Waals surface area contributed by atoms with Crippen molar-refractivity contribution in [2.45, 2.75) is 32.1 Å². The molecule has 2 heterocycles. The van der Waals surface area contributed by atoms with Crippen LogP contribution < -0.4 is 11.1 Å². The van der Waals surface area contributed by atoms with Gasteiger partial charge >= 0.3 is 0 Å². The smallest absolute Gasteiger partial charge is 0.134 e. The van der Waals surface area contributed by atoms with Gasteiger partial charge in [-0.15, -0.1) is 11.3 Å². The molecule has 0 radical (unpaired) electrons. The SMILES string of the molecule is NCC1(CNc2nccc3sccc23)CCCCC1. The molecule has 1 fully saturated rings. The van der Waals surface area contributed by atoms with Gasteiger partial charge in [0.2, 0.25) is 0 Å². The molecule has 0 unspecified atom stereocenters. The van der Waals surface area contributed by atoms with Crippen molar-refractivity contribution in [1.29, 1.82) is 0 Å². The summed E-state index contributed by atoms with van der Waals surface area (Å²) in [5.74, 6) is 1.01. The first kappa shape index (κ1) is 12.9. The molecule has 3 N–H and O–H groups in total. The van der Waals surface area contributed by atoms with Gasteiger partial charge in [0.05, 0.1) is 0 Å². The average molecular weight is 275 g/mol. The minimum atomic E-state index is 0.276. The zero-order chi connectivity index (χ0) is 13.1. The highest BCUT2D eigenvalue weighted by molar-refractivity contribution is 7.17. The lowest BCUT2D eigenvalue weighted by molar-refractivity contribution is 0.215. The van der Waals surface area contributed by atoms with Crippen LogP contribution in [0.15, 0.2) is 23.7 Å². The molecule has 3 rings (SSSR count).